The molecule has 1 saturated carbocycles. The number of amides is 1. The standard InChI is InChI=1S/C21H24ClN2O3/c1-16-8-7-13-24(14-16)15-27-20(26)23(2)21(12-6-5-11-19(21)25)17-9-3-4-10-18(17)22/h3-4,7-10,13-14H,5-6,11-12,15H2,1-2H3/q+1. The number of ketones is 1. The van der Waals surface area contributed by atoms with Gasteiger partial charge >= 0.3 is 6.09 Å². The average molecular weight is 388 g/mol. The Morgan fingerprint density at radius 2 is 2.04 bits per heavy atom. The molecule has 1 aliphatic carbocycles. The van der Waals surface area contributed by atoms with E-state index in [0.29, 0.717) is 23.4 Å². The van der Waals surface area contributed by atoms with E-state index in [1.54, 1.807) is 17.7 Å². The van der Waals surface area contributed by atoms with Crippen LogP contribution in [0.5, 0.6) is 0 Å². The highest BCUT2D eigenvalue weighted by Gasteiger charge is 2.48. The molecule has 0 radical (unpaired) electrons. The van der Waals surface area contributed by atoms with Crippen molar-refractivity contribution in [2.75, 3.05) is 7.05 Å². The van der Waals surface area contributed by atoms with Gasteiger partial charge in [-0.15, -0.1) is 0 Å². The minimum Gasteiger partial charge on any atom is -0.388 e. The van der Waals surface area contributed by atoms with Crippen LogP contribution in [0.2, 0.25) is 5.02 Å². The second-order valence-corrected chi connectivity index (χ2v) is 7.37. The van der Waals surface area contributed by atoms with Crippen LogP contribution in [-0.2, 0) is 21.8 Å². The van der Waals surface area contributed by atoms with E-state index in [4.69, 9.17) is 16.3 Å². The van der Waals surface area contributed by atoms with Gasteiger partial charge in [0, 0.05) is 35.7 Å². The Balaban J connectivity index is 1.87. The SMILES string of the molecule is Cc1ccc[n+](COC(=O)N(C)C2(c3ccccc3Cl)CCCCC2=O)c1. The normalized spacial score (nSPS) is 19.6. The number of rotatable bonds is 4. The number of aryl methyl sites for hydroxylation is 1. The number of pyridine rings is 1. The first kappa shape index (κ1) is 19.4. The van der Waals surface area contributed by atoms with E-state index in [9.17, 15) is 9.59 Å². The lowest BCUT2D eigenvalue weighted by atomic mass is 9.74. The molecule has 1 fully saturated rings. The van der Waals surface area contributed by atoms with Gasteiger partial charge in [0.15, 0.2) is 18.2 Å². The zero-order valence-corrected chi connectivity index (χ0v) is 16.4. The number of hydrogen-bond donors (Lipinski definition) is 0. The monoisotopic (exact) mass is 387 g/mol. The highest BCUT2D eigenvalue weighted by molar-refractivity contribution is 6.31. The maximum absolute atomic E-state index is 13.0. The topological polar surface area (TPSA) is 50.5 Å². The number of hydrogen-bond acceptors (Lipinski definition) is 3. The van der Waals surface area contributed by atoms with E-state index in [1.165, 1.54) is 4.90 Å². The molecule has 0 spiro atoms. The Morgan fingerprint density at radius 1 is 1.26 bits per heavy atom. The first-order valence-electron chi connectivity index (χ1n) is 9.10. The predicted molar refractivity (Wildman–Crippen MR) is 102 cm³/mol. The highest BCUT2D eigenvalue weighted by atomic mass is 35.5. The number of halogens is 1. The molecule has 1 aromatic carbocycles. The van der Waals surface area contributed by atoms with Crippen molar-refractivity contribution in [2.45, 2.75) is 44.9 Å². The third kappa shape index (κ3) is 3.83. The van der Waals surface area contributed by atoms with Crippen molar-refractivity contribution in [3.63, 3.8) is 0 Å². The number of benzene rings is 1. The van der Waals surface area contributed by atoms with Crippen LogP contribution in [0.3, 0.4) is 0 Å². The molecule has 1 atom stereocenters. The van der Waals surface area contributed by atoms with E-state index in [1.807, 2.05) is 49.6 Å². The molecule has 3 rings (SSSR count). The Hall–Kier alpha value is -2.40. The molecular weight excluding hydrogens is 364 g/mol. The third-order valence-electron chi connectivity index (χ3n) is 5.16. The summed E-state index contributed by atoms with van der Waals surface area (Å²) in [5.74, 6) is 0.00417. The molecule has 0 bridgehead atoms. The van der Waals surface area contributed by atoms with Crippen molar-refractivity contribution in [3.8, 4) is 0 Å². The first-order chi connectivity index (χ1) is 12.9. The van der Waals surface area contributed by atoms with E-state index in [2.05, 4.69) is 0 Å². The van der Waals surface area contributed by atoms with Crippen LogP contribution in [-0.4, -0.2) is 23.8 Å². The minimum absolute atomic E-state index is 0.00417. The van der Waals surface area contributed by atoms with E-state index >= 15 is 0 Å². The lowest BCUT2D eigenvalue weighted by Gasteiger charge is -2.43. The molecule has 27 heavy (non-hydrogen) atoms. The Labute approximate surface area is 164 Å². The second-order valence-electron chi connectivity index (χ2n) is 6.96. The Bertz CT molecular complexity index is 855. The zero-order valence-electron chi connectivity index (χ0n) is 15.7. The van der Waals surface area contributed by atoms with Gasteiger partial charge in [0.05, 0.1) is 0 Å². The van der Waals surface area contributed by atoms with Gasteiger partial charge in [0.1, 0.15) is 5.54 Å². The summed E-state index contributed by atoms with van der Waals surface area (Å²) >= 11 is 6.42. The number of ether oxygens (including phenoxy) is 1. The molecule has 1 unspecified atom stereocenters. The number of nitrogens with zero attached hydrogens (tertiary/aromatic N) is 2. The van der Waals surface area contributed by atoms with Gasteiger partial charge < -0.3 is 4.74 Å². The van der Waals surface area contributed by atoms with Crippen molar-refractivity contribution in [1.82, 2.24) is 4.90 Å². The molecular formula is C21H24ClN2O3+. The summed E-state index contributed by atoms with van der Waals surface area (Å²) in [5, 5.41) is 0.487. The highest BCUT2D eigenvalue weighted by Crippen LogP contribution is 2.42. The maximum Gasteiger partial charge on any atom is 0.415 e. The van der Waals surface area contributed by atoms with Crippen LogP contribution in [0.25, 0.3) is 0 Å². The number of Topliss-reactive ketones (excluding diaryl/α,β-unsaturated/α-hetero) is 1. The van der Waals surface area contributed by atoms with Crippen LogP contribution < -0.4 is 4.57 Å². The van der Waals surface area contributed by atoms with E-state index < -0.39 is 11.6 Å². The summed E-state index contributed by atoms with van der Waals surface area (Å²) in [6, 6.07) is 11.1. The Morgan fingerprint density at radius 3 is 2.74 bits per heavy atom. The largest absolute Gasteiger partial charge is 0.415 e. The number of carbonyl (C=O) groups is 2. The molecule has 2 aromatic rings. The fourth-order valence-corrected chi connectivity index (χ4v) is 4.04. The van der Waals surface area contributed by atoms with Gasteiger partial charge in [-0.3, -0.25) is 9.69 Å². The molecule has 0 N–H and O–H groups in total. The van der Waals surface area contributed by atoms with Crippen molar-refractivity contribution in [2.24, 2.45) is 0 Å². The van der Waals surface area contributed by atoms with Gasteiger partial charge in [-0.2, -0.15) is 4.57 Å². The van der Waals surface area contributed by atoms with Crippen molar-refractivity contribution in [3.05, 3.63) is 64.9 Å². The van der Waals surface area contributed by atoms with Gasteiger partial charge in [0.25, 0.3) is 6.73 Å². The number of carbonyl (C=O) groups excluding carboxylic acids is 2. The van der Waals surface area contributed by atoms with Crippen LogP contribution in [0.4, 0.5) is 4.79 Å². The zero-order chi connectivity index (χ0) is 19.4. The molecule has 0 aliphatic heterocycles. The summed E-state index contributed by atoms with van der Waals surface area (Å²) in [6.45, 7) is 2.05. The van der Waals surface area contributed by atoms with Gasteiger partial charge in [0.2, 0.25) is 0 Å². The average Bonchev–Trinajstić information content (AvgIpc) is 2.67. The minimum atomic E-state index is -1.08. The van der Waals surface area contributed by atoms with Gasteiger partial charge in [-0.05, 0) is 38.3 Å². The molecule has 1 amide bonds. The van der Waals surface area contributed by atoms with E-state index in [0.717, 1.165) is 18.4 Å². The van der Waals surface area contributed by atoms with Gasteiger partial charge in [-0.1, -0.05) is 29.8 Å². The summed E-state index contributed by atoms with van der Waals surface area (Å²) < 4.78 is 7.27. The summed E-state index contributed by atoms with van der Waals surface area (Å²) in [6.07, 6.45) is 5.82. The molecule has 1 aromatic heterocycles. The quantitative estimate of drug-likeness (QED) is 0.745. The van der Waals surface area contributed by atoms with Crippen molar-refractivity contribution in [1.29, 1.82) is 0 Å². The molecule has 1 heterocycles. The fourth-order valence-electron chi connectivity index (χ4n) is 3.75. The molecule has 0 saturated heterocycles. The summed E-state index contributed by atoms with van der Waals surface area (Å²) in [7, 11) is 1.62. The smallest absolute Gasteiger partial charge is 0.388 e. The molecule has 142 valence electrons. The Kier molecular flexibility index (Phi) is 5.80. The fraction of sp³-hybridized carbons (Fsp3) is 0.381. The first-order valence-corrected chi connectivity index (χ1v) is 9.47. The second kappa shape index (κ2) is 8.09. The number of aromatic nitrogens is 1. The van der Waals surface area contributed by atoms with Crippen molar-refractivity contribution < 1.29 is 18.9 Å². The third-order valence-corrected chi connectivity index (χ3v) is 5.49. The molecule has 1 aliphatic rings. The lowest BCUT2D eigenvalue weighted by molar-refractivity contribution is -0.727. The molecule has 5 nitrogen and oxygen atoms in total. The van der Waals surface area contributed by atoms with Crippen molar-refractivity contribution >= 4 is 23.5 Å². The maximum atomic E-state index is 13.0. The lowest BCUT2D eigenvalue weighted by Crippen LogP contribution is -2.55. The van der Waals surface area contributed by atoms with Crippen LogP contribution in [0.15, 0.2) is 48.8 Å². The summed E-state index contributed by atoms with van der Waals surface area (Å²) in [5.41, 5.74) is 0.654. The van der Waals surface area contributed by atoms with Crippen LogP contribution >= 0.6 is 11.6 Å². The van der Waals surface area contributed by atoms with Crippen LogP contribution in [0, 0.1) is 6.92 Å². The predicted octanol–water partition coefficient (Wildman–Crippen LogP) is 4.00. The van der Waals surface area contributed by atoms with E-state index in [-0.39, 0.29) is 12.5 Å². The summed E-state index contributed by atoms with van der Waals surface area (Å²) in [4.78, 5) is 27.3. The van der Waals surface area contributed by atoms with Gasteiger partial charge in [-0.25, -0.2) is 4.79 Å². The molecule has 6 heteroatoms. The number of likely N-dealkylation sites (N-methyl/N-ethyl adjacent to an activating group) is 1. The van der Waals surface area contributed by atoms with Crippen LogP contribution in [0.1, 0.15) is 36.8 Å².